The Balaban J connectivity index is 1.84. The van der Waals surface area contributed by atoms with Crippen LogP contribution in [0.2, 0.25) is 0 Å². The molecular weight excluding hydrogens is 270 g/mol. The summed E-state index contributed by atoms with van der Waals surface area (Å²) >= 11 is 0. The van der Waals surface area contributed by atoms with Gasteiger partial charge in [-0.15, -0.1) is 0 Å². The molecule has 3 nitrogen and oxygen atoms in total. The van der Waals surface area contributed by atoms with Crippen LogP contribution in [0, 0.1) is 0 Å². The minimum Gasteiger partial charge on any atom is -0.307 e. The van der Waals surface area contributed by atoms with Crippen molar-refractivity contribution >= 4 is 9.84 Å². The van der Waals surface area contributed by atoms with E-state index in [2.05, 4.69) is 11.4 Å². The van der Waals surface area contributed by atoms with Crippen molar-refractivity contribution in [2.45, 2.75) is 61.9 Å². The van der Waals surface area contributed by atoms with E-state index < -0.39 is 9.84 Å². The van der Waals surface area contributed by atoms with E-state index in [0.29, 0.717) is 16.7 Å². The van der Waals surface area contributed by atoms with Crippen molar-refractivity contribution < 1.29 is 8.42 Å². The van der Waals surface area contributed by atoms with Gasteiger partial charge in [0.05, 0.1) is 10.6 Å². The highest BCUT2D eigenvalue weighted by Crippen LogP contribution is 2.37. The highest BCUT2D eigenvalue weighted by atomic mass is 32.2. The summed E-state index contributed by atoms with van der Waals surface area (Å²) in [4.78, 5) is 0.619. The Morgan fingerprint density at radius 2 is 1.75 bits per heavy atom. The van der Waals surface area contributed by atoms with E-state index in [1.165, 1.54) is 30.4 Å². The van der Waals surface area contributed by atoms with E-state index in [9.17, 15) is 8.42 Å². The molecule has 2 aliphatic carbocycles. The van der Waals surface area contributed by atoms with Gasteiger partial charge in [-0.3, -0.25) is 0 Å². The summed E-state index contributed by atoms with van der Waals surface area (Å²) in [7, 11) is -3.09. The second-order valence-corrected chi connectivity index (χ2v) is 8.54. The number of hydrogen-bond acceptors (Lipinski definition) is 3. The van der Waals surface area contributed by atoms with E-state index in [4.69, 9.17) is 0 Å². The zero-order valence-corrected chi connectivity index (χ0v) is 12.5. The first-order valence-electron chi connectivity index (χ1n) is 7.78. The highest BCUT2D eigenvalue weighted by Gasteiger charge is 2.33. The second kappa shape index (κ2) is 4.57. The standard InChI is InChI=1S/C16H21NO2S/c18-20(19)8-2-5-15(17-13-6-7-13)14-9-11-3-1-4-12(11)10-16(14)20/h9-10,13,15,17H,1-8H2. The van der Waals surface area contributed by atoms with Crippen molar-refractivity contribution in [1.29, 1.82) is 0 Å². The molecule has 1 saturated carbocycles. The van der Waals surface area contributed by atoms with Crippen molar-refractivity contribution in [2.24, 2.45) is 0 Å². The third-order valence-electron chi connectivity index (χ3n) is 4.85. The average Bonchev–Trinajstić information content (AvgIpc) is 3.12. The molecule has 4 rings (SSSR count). The molecule has 1 heterocycles. The van der Waals surface area contributed by atoms with Crippen molar-refractivity contribution in [2.75, 3.05) is 5.75 Å². The molecule has 1 aromatic carbocycles. The Bertz CT molecular complexity index is 647. The minimum atomic E-state index is -3.09. The number of nitrogens with one attached hydrogen (secondary N) is 1. The summed E-state index contributed by atoms with van der Waals surface area (Å²) in [6.45, 7) is 0. The Kier molecular flexibility index (Phi) is 2.93. The van der Waals surface area contributed by atoms with E-state index in [-0.39, 0.29) is 6.04 Å². The first-order valence-corrected chi connectivity index (χ1v) is 9.43. The van der Waals surface area contributed by atoms with Crippen LogP contribution >= 0.6 is 0 Å². The number of fused-ring (bicyclic) bond motifs is 2. The van der Waals surface area contributed by atoms with Gasteiger partial charge in [0, 0.05) is 12.1 Å². The van der Waals surface area contributed by atoms with E-state index in [0.717, 1.165) is 31.2 Å². The molecule has 1 unspecified atom stereocenters. The van der Waals surface area contributed by atoms with Crippen LogP contribution in [-0.4, -0.2) is 20.2 Å². The van der Waals surface area contributed by atoms with Gasteiger partial charge in [-0.25, -0.2) is 8.42 Å². The third-order valence-corrected chi connectivity index (χ3v) is 6.70. The molecule has 1 aromatic rings. The number of benzene rings is 1. The lowest BCUT2D eigenvalue weighted by atomic mass is 9.98. The van der Waals surface area contributed by atoms with E-state index in [1.54, 1.807) is 0 Å². The molecule has 0 amide bonds. The van der Waals surface area contributed by atoms with Crippen LogP contribution in [0.25, 0.3) is 0 Å². The lowest BCUT2D eigenvalue weighted by molar-refractivity contribution is 0.490. The molecule has 1 fully saturated rings. The third kappa shape index (κ3) is 2.19. The van der Waals surface area contributed by atoms with Gasteiger partial charge >= 0.3 is 0 Å². The Hall–Kier alpha value is -0.870. The smallest absolute Gasteiger partial charge is 0.178 e. The van der Waals surface area contributed by atoms with E-state index >= 15 is 0 Å². The molecule has 1 atom stereocenters. The SMILES string of the molecule is O=S1(=O)CCCC(NC2CC2)c2cc3c(cc21)CCC3. The van der Waals surface area contributed by atoms with Crippen LogP contribution in [0.4, 0.5) is 0 Å². The van der Waals surface area contributed by atoms with Gasteiger partial charge in [0.2, 0.25) is 0 Å². The van der Waals surface area contributed by atoms with Gasteiger partial charge in [0.15, 0.2) is 9.84 Å². The van der Waals surface area contributed by atoms with Crippen LogP contribution in [0.5, 0.6) is 0 Å². The molecule has 1 N–H and O–H groups in total. The fraction of sp³-hybridized carbons (Fsp3) is 0.625. The predicted octanol–water partition coefficient (Wildman–Crippen LogP) is 2.54. The lowest BCUT2D eigenvalue weighted by Crippen LogP contribution is -2.24. The number of rotatable bonds is 2. The molecule has 0 bridgehead atoms. The molecule has 20 heavy (non-hydrogen) atoms. The first kappa shape index (κ1) is 12.8. The van der Waals surface area contributed by atoms with Crippen LogP contribution < -0.4 is 5.32 Å². The van der Waals surface area contributed by atoms with Crippen LogP contribution in [-0.2, 0) is 22.7 Å². The number of hydrogen-bond donors (Lipinski definition) is 1. The highest BCUT2D eigenvalue weighted by molar-refractivity contribution is 7.91. The Labute approximate surface area is 120 Å². The van der Waals surface area contributed by atoms with Crippen LogP contribution in [0.3, 0.4) is 0 Å². The average molecular weight is 291 g/mol. The van der Waals surface area contributed by atoms with Crippen molar-refractivity contribution in [3.63, 3.8) is 0 Å². The lowest BCUT2D eigenvalue weighted by Gasteiger charge is -2.20. The summed E-state index contributed by atoms with van der Waals surface area (Å²) in [5.41, 5.74) is 3.69. The Morgan fingerprint density at radius 3 is 2.50 bits per heavy atom. The van der Waals surface area contributed by atoms with Gasteiger partial charge in [0.1, 0.15) is 0 Å². The summed E-state index contributed by atoms with van der Waals surface area (Å²) < 4.78 is 25.0. The molecule has 0 spiro atoms. The molecule has 3 aliphatic rings. The number of sulfone groups is 1. The monoisotopic (exact) mass is 291 g/mol. The fourth-order valence-corrected chi connectivity index (χ4v) is 5.26. The zero-order valence-electron chi connectivity index (χ0n) is 11.7. The maximum Gasteiger partial charge on any atom is 0.178 e. The summed E-state index contributed by atoms with van der Waals surface area (Å²) in [5, 5.41) is 3.65. The van der Waals surface area contributed by atoms with Crippen molar-refractivity contribution in [1.82, 2.24) is 5.32 Å². The van der Waals surface area contributed by atoms with Gasteiger partial charge in [-0.1, -0.05) is 6.07 Å². The van der Waals surface area contributed by atoms with Crippen LogP contribution in [0.1, 0.15) is 54.8 Å². The summed E-state index contributed by atoms with van der Waals surface area (Å²) in [6, 6.07) is 5.03. The molecule has 4 heteroatoms. The Morgan fingerprint density at radius 1 is 1.00 bits per heavy atom. The maximum atomic E-state index is 12.5. The largest absolute Gasteiger partial charge is 0.307 e. The fourth-order valence-electron chi connectivity index (χ4n) is 3.61. The number of aryl methyl sites for hydroxylation is 2. The van der Waals surface area contributed by atoms with Crippen LogP contribution in [0.15, 0.2) is 17.0 Å². The topological polar surface area (TPSA) is 46.2 Å². The van der Waals surface area contributed by atoms with Gasteiger partial charge in [-0.05, 0) is 67.7 Å². The molecule has 0 radical (unpaired) electrons. The quantitative estimate of drug-likeness (QED) is 0.911. The van der Waals surface area contributed by atoms with Crippen molar-refractivity contribution in [3.05, 3.63) is 28.8 Å². The zero-order chi connectivity index (χ0) is 13.7. The first-order chi connectivity index (χ1) is 9.63. The normalized spacial score (nSPS) is 27.7. The summed E-state index contributed by atoms with van der Waals surface area (Å²) in [6.07, 6.45) is 7.51. The molecule has 0 saturated heterocycles. The van der Waals surface area contributed by atoms with Gasteiger partial charge in [-0.2, -0.15) is 0 Å². The summed E-state index contributed by atoms with van der Waals surface area (Å²) in [5.74, 6) is 0.307. The van der Waals surface area contributed by atoms with Crippen molar-refractivity contribution in [3.8, 4) is 0 Å². The van der Waals surface area contributed by atoms with E-state index in [1.807, 2.05) is 6.07 Å². The molecule has 0 aromatic heterocycles. The van der Waals surface area contributed by atoms with Gasteiger partial charge in [0.25, 0.3) is 0 Å². The molecule has 108 valence electrons. The van der Waals surface area contributed by atoms with Gasteiger partial charge < -0.3 is 5.32 Å². The maximum absolute atomic E-state index is 12.5. The second-order valence-electron chi connectivity index (χ2n) is 6.47. The minimum absolute atomic E-state index is 0.237. The molecule has 1 aliphatic heterocycles. The predicted molar refractivity (Wildman–Crippen MR) is 78.7 cm³/mol. The molecular formula is C16H21NO2S.